The largest absolute Gasteiger partial charge is 0.448 e. The Morgan fingerprint density at radius 2 is 1.41 bits per heavy atom. The minimum atomic E-state index is -1.38. The summed E-state index contributed by atoms with van der Waals surface area (Å²) < 4.78 is 23.4. The van der Waals surface area contributed by atoms with Crippen LogP contribution in [0.4, 0.5) is 9.18 Å². The van der Waals surface area contributed by atoms with Crippen LogP contribution in [0.1, 0.15) is 23.3 Å². The van der Waals surface area contributed by atoms with Crippen molar-refractivity contribution in [3.05, 3.63) is 114 Å². The van der Waals surface area contributed by atoms with E-state index in [0.29, 0.717) is 12.1 Å². The second-order valence-corrected chi connectivity index (χ2v) is 8.53. The summed E-state index contributed by atoms with van der Waals surface area (Å²) in [6.45, 7) is 0.632. The fraction of sp³-hybridized carbons (Fsp3) is 0.138. The molecular formula is C29H23FN2O2. The van der Waals surface area contributed by atoms with E-state index in [1.807, 2.05) is 66.7 Å². The lowest BCUT2D eigenvalue weighted by molar-refractivity contribution is 0.119. The van der Waals surface area contributed by atoms with Gasteiger partial charge in [-0.25, -0.2) is 9.18 Å². The van der Waals surface area contributed by atoms with E-state index in [2.05, 4.69) is 28.8 Å². The molecule has 0 aliphatic carbocycles. The Kier molecular flexibility index (Phi) is 5.02. The molecule has 1 fully saturated rings. The van der Waals surface area contributed by atoms with Gasteiger partial charge in [-0.15, -0.1) is 0 Å². The molecule has 1 aromatic heterocycles. The molecule has 0 bridgehead atoms. The fourth-order valence-electron chi connectivity index (χ4n) is 5.01. The minimum absolute atomic E-state index is 0.270. The molecule has 1 aliphatic rings. The van der Waals surface area contributed by atoms with Crippen molar-refractivity contribution in [2.45, 2.75) is 12.2 Å². The molecule has 1 saturated heterocycles. The second-order valence-electron chi connectivity index (χ2n) is 8.53. The van der Waals surface area contributed by atoms with Crippen LogP contribution in [-0.2, 0) is 4.74 Å². The zero-order valence-corrected chi connectivity index (χ0v) is 18.5. The molecule has 1 amide bonds. The first-order valence-electron chi connectivity index (χ1n) is 11.4. The number of carbonyl (C=O) groups excluding carboxylic acids is 1. The number of fused-ring (bicyclic) bond motifs is 3. The number of amides is 1. The van der Waals surface area contributed by atoms with Crippen molar-refractivity contribution in [2.75, 3.05) is 13.2 Å². The van der Waals surface area contributed by atoms with Gasteiger partial charge in [-0.3, -0.25) is 4.90 Å². The number of hydrogen-bond donors (Lipinski definition) is 0. The normalized spacial score (nSPS) is 15.6. The quantitative estimate of drug-likeness (QED) is 0.289. The topological polar surface area (TPSA) is 34.5 Å². The molecule has 2 heterocycles. The number of alkyl halides is 1. The van der Waals surface area contributed by atoms with Gasteiger partial charge in [-0.2, -0.15) is 0 Å². The Labute approximate surface area is 196 Å². The van der Waals surface area contributed by atoms with E-state index in [0.717, 1.165) is 33.1 Å². The maximum atomic E-state index is 16.0. The Bertz CT molecular complexity index is 1480. The number of cyclic esters (lactones) is 1. The Morgan fingerprint density at radius 3 is 2.15 bits per heavy atom. The molecule has 0 unspecified atom stereocenters. The van der Waals surface area contributed by atoms with E-state index in [4.69, 9.17) is 4.74 Å². The van der Waals surface area contributed by atoms with E-state index >= 15 is 4.39 Å². The van der Waals surface area contributed by atoms with Gasteiger partial charge in [0.15, 0.2) is 0 Å². The van der Waals surface area contributed by atoms with Gasteiger partial charge >= 0.3 is 6.09 Å². The second kappa shape index (κ2) is 8.34. The van der Waals surface area contributed by atoms with Crippen molar-refractivity contribution >= 4 is 27.9 Å². The molecule has 168 valence electrons. The number of carbonyl (C=O) groups is 1. The molecule has 4 aromatic carbocycles. The molecule has 1 aliphatic heterocycles. The number of para-hydroxylation sites is 2. The third-order valence-corrected chi connectivity index (χ3v) is 6.58. The zero-order chi connectivity index (χ0) is 23.1. The summed E-state index contributed by atoms with van der Waals surface area (Å²) in [4.78, 5) is 14.0. The third kappa shape index (κ3) is 3.32. The monoisotopic (exact) mass is 450 g/mol. The van der Waals surface area contributed by atoms with E-state index in [9.17, 15) is 4.79 Å². The molecular weight excluding hydrogens is 427 g/mol. The van der Waals surface area contributed by atoms with E-state index in [-0.39, 0.29) is 6.61 Å². The minimum Gasteiger partial charge on any atom is -0.448 e. The van der Waals surface area contributed by atoms with Gasteiger partial charge in [0.25, 0.3) is 0 Å². The molecule has 34 heavy (non-hydrogen) atoms. The van der Waals surface area contributed by atoms with Crippen molar-refractivity contribution in [3.63, 3.8) is 0 Å². The standard InChI is InChI=1S/C29H23FN2O2/c30-27(20-9-3-1-4-10-20)28(31-17-18-34-29(31)33)21-15-16-26-24(19-21)23-13-7-8-14-25(23)32(26)22-11-5-2-6-12-22/h1-16,19,27-28H,17-18H2/t27-,28+/m0/s1. The maximum Gasteiger partial charge on any atom is 0.410 e. The first kappa shape index (κ1) is 20.5. The van der Waals surface area contributed by atoms with E-state index in [1.165, 1.54) is 4.90 Å². The van der Waals surface area contributed by atoms with Gasteiger partial charge in [0.05, 0.1) is 23.6 Å². The predicted octanol–water partition coefficient (Wildman–Crippen LogP) is 6.99. The third-order valence-electron chi connectivity index (χ3n) is 6.58. The lowest BCUT2D eigenvalue weighted by Gasteiger charge is -2.29. The molecule has 5 aromatic rings. The summed E-state index contributed by atoms with van der Waals surface area (Å²) in [5.74, 6) is 0. The molecule has 4 nitrogen and oxygen atoms in total. The molecule has 0 N–H and O–H groups in total. The highest BCUT2D eigenvalue weighted by Gasteiger charge is 2.37. The highest BCUT2D eigenvalue weighted by molar-refractivity contribution is 6.09. The van der Waals surface area contributed by atoms with Crippen molar-refractivity contribution in [1.29, 1.82) is 0 Å². The van der Waals surface area contributed by atoms with Crippen LogP contribution in [-0.4, -0.2) is 28.7 Å². The predicted molar refractivity (Wildman–Crippen MR) is 132 cm³/mol. The molecule has 5 heteroatoms. The van der Waals surface area contributed by atoms with Crippen molar-refractivity contribution in [1.82, 2.24) is 9.47 Å². The van der Waals surface area contributed by atoms with Crippen LogP contribution in [0.3, 0.4) is 0 Å². The number of ether oxygens (including phenoxy) is 1. The lowest BCUT2D eigenvalue weighted by Crippen LogP contribution is -2.32. The molecule has 6 rings (SSSR count). The number of halogens is 1. The zero-order valence-electron chi connectivity index (χ0n) is 18.5. The van der Waals surface area contributed by atoms with Gasteiger partial charge in [-0.1, -0.05) is 72.8 Å². The van der Waals surface area contributed by atoms with Gasteiger partial charge in [0.1, 0.15) is 12.8 Å². The van der Waals surface area contributed by atoms with Crippen LogP contribution >= 0.6 is 0 Å². The molecule has 0 saturated carbocycles. The van der Waals surface area contributed by atoms with Crippen LogP contribution in [0, 0.1) is 0 Å². The number of aromatic nitrogens is 1. The maximum absolute atomic E-state index is 16.0. The van der Waals surface area contributed by atoms with Crippen molar-refractivity contribution in [3.8, 4) is 5.69 Å². The van der Waals surface area contributed by atoms with Crippen molar-refractivity contribution in [2.24, 2.45) is 0 Å². The first-order valence-corrected chi connectivity index (χ1v) is 11.4. The summed E-state index contributed by atoms with van der Waals surface area (Å²) in [6.07, 6.45) is -1.86. The molecule has 2 atom stereocenters. The highest BCUT2D eigenvalue weighted by Crippen LogP contribution is 2.41. The Hall–Kier alpha value is -4.12. The summed E-state index contributed by atoms with van der Waals surface area (Å²) >= 11 is 0. The Morgan fingerprint density at radius 1 is 0.735 bits per heavy atom. The average Bonchev–Trinajstić information content (AvgIpc) is 3.46. The van der Waals surface area contributed by atoms with Crippen LogP contribution in [0.5, 0.6) is 0 Å². The average molecular weight is 451 g/mol. The SMILES string of the molecule is O=C1OCCN1[C@H](c1ccc2c(c1)c1ccccc1n2-c1ccccc1)[C@@H](F)c1ccccc1. The lowest BCUT2D eigenvalue weighted by atomic mass is 9.94. The van der Waals surface area contributed by atoms with Crippen LogP contribution in [0.25, 0.3) is 27.5 Å². The van der Waals surface area contributed by atoms with Crippen LogP contribution in [0.2, 0.25) is 0 Å². The van der Waals surface area contributed by atoms with Crippen LogP contribution in [0.15, 0.2) is 103 Å². The molecule has 0 spiro atoms. The highest BCUT2D eigenvalue weighted by atomic mass is 19.1. The summed E-state index contributed by atoms with van der Waals surface area (Å²) in [5.41, 5.74) is 4.47. The summed E-state index contributed by atoms with van der Waals surface area (Å²) in [6, 6.07) is 32.7. The van der Waals surface area contributed by atoms with E-state index in [1.54, 1.807) is 12.1 Å². The summed E-state index contributed by atoms with van der Waals surface area (Å²) in [5, 5.41) is 2.11. The van der Waals surface area contributed by atoms with Crippen LogP contribution < -0.4 is 0 Å². The fourth-order valence-corrected chi connectivity index (χ4v) is 5.01. The van der Waals surface area contributed by atoms with Gasteiger partial charge in [0.2, 0.25) is 0 Å². The van der Waals surface area contributed by atoms with Gasteiger partial charge in [-0.05, 0) is 41.5 Å². The number of nitrogens with zero attached hydrogens (tertiary/aromatic N) is 2. The van der Waals surface area contributed by atoms with Crippen molar-refractivity contribution < 1.29 is 13.9 Å². The first-order chi connectivity index (χ1) is 16.7. The number of benzene rings is 4. The smallest absolute Gasteiger partial charge is 0.410 e. The Balaban J connectivity index is 1.56. The van der Waals surface area contributed by atoms with E-state index < -0.39 is 18.3 Å². The van der Waals surface area contributed by atoms with Gasteiger partial charge < -0.3 is 9.30 Å². The number of hydrogen-bond acceptors (Lipinski definition) is 2. The van der Waals surface area contributed by atoms with Gasteiger partial charge in [0, 0.05) is 16.5 Å². The molecule has 0 radical (unpaired) electrons. The summed E-state index contributed by atoms with van der Waals surface area (Å²) in [7, 11) is 0. The number of rotatable bonds is 5.